The van der Waals surface area contributed by atoms with E-state index in [1.54, 1.807) is 0 Å². The number of rotatable bonds is 3. The molecule has 0 amide bonds. The fraction of sp³-hybridized carbons (Fsp3) is 0.320. The van der Waals surface area contributed by atoms with Gasteiger partial charge in [0, 0.05) is 18.4 Å². The maximum Gasteiger partial charge on any atom is 0.137 e. The Bertz CT molecular complexity index is 910. The van der Waals surface area contributed by atoms with Gasteiger partial charge in [-0.3, -0.25) is 0 Å². The number of fused-ring (bicyclic) bond motifs is 1. The average Bonchev–Trinajstić information content (AvgIpc) is 2.75. The van der Waals surface area contributed by atoms with Gasteiger partial charge in [0.25, 0.3) is 0 Å². The second kappa shape index (κ2) is 9.03. The van der Waals surface area contributed by atoms with Crippen LogP contribution in [0.5, 0.6) is 0 Å². The minimum atomic E-state index is 0.917. The van der Waals surface area contributed by atoms with Gasteiger partial charge in [-0.1, -0.05) is 51.6 Å². The number of nitrogens with zero attached hydrogens (tertiary/aromatic N) is 2. The lowest BCUT2D eigenvalue weighted by atomic mass is 9.97. The minimum Gasteiger partial charge on any atom is -0.313 e. The highest BCUT2D eigenvalue weighted by Gasteiger charge is 2.21. The van der Waals surface area contributed by atoms with Crippen molar-refractivity contribution in [2.75, 3.05) is 13.1 Å². The van der Waals surface area contributed by atoms with Crippen LogP contribution in [0.1, 0.15) is 43.9 Å². The molecule has 1 aromatic carbocycles. The maximum absolute atomic E-state index is 4.87. The molecule has 1 aromatic rings. The van der Waals surface area contributed by atoms with E-state index in [4.69, 9.17) is 4.99 Å². The fourth-order valence-corrected chi connectivity index (χ4v) is 3.66. The lowest BCUT2D eigenvalue weighted by Crippen LogP contribution is -2.28. The smallest absolute Gasteiger partial charge is 0.137 e. The Morgan fingerprint density at radius 3 is 2.71 bits per heavy atom. The van der Waals surface area contributed by atoms with Crippen LogP contribution in [-0.4, -0.2) is 23.8 Å². The second-order valence-electron chi connectivity index (χ2n) is 6.96. The van der Waals surface area contributed by atoms with E-state index >= 15 is 0 Å². The molecule has 0 saturated heterocycles. The molecule has 3 aliphatic rings. The lowest BCUT2D eigenvalue weighted by Gasteiger charge is -2.30. The number of aliphatic imine (C=N–C) groups is 1. The van der Waals surface area contributed by atoms with E-state index < -0.39 is 0 Å². The van der Waals surface area contributed by atoms with Crippen molar-refractivity contribution in [3.05, 3.63) is 88.9 Å². The highest BCUT2D eigenvalue weighted by Crippen LogP contribution is 2.30. The van der Waals surface area contributed by atoms with Gasteiger partial charge in [-0.2, -0.15) is 0 Å². The summed E-state index contributed by atoms with van der Waals surface area (Å²) in [6.45, 7) is 14.6. The average molecular weight is 374 g/mol. The standard InChI is InChI=1S/C23H25N3.C2H6/c1-4-18-5-6-20(13-16(18)2)21-7-8-23-25-22(14-17(3)26(23)15-21)19-9-11-24-12-10-19;1-2/h5-9,13-15,24H,3-4,10-12H2,1-2H3;1-2H3. The summed E-state index contributed by atoms with van der Waals surface area (Å²) in [5, 5.41) is 3.35. The zero-order valence-electron chi connectivity index (χ0n) is 17.5. The quantitative estimate of drug-likeness (QED) is 0.755. The zero-order valence-corrected chi connectivity index (χ0v) is 17.5. The van der Waals surface area contributed by atoms with Crippen LogP contribution >= 0.6 is 0 Å². The largest absolute Gasteiger partial charge is 0.313 e. The van der Waals surface area contributed by atoms with Gasteiger partial charge in [-0.05, 0) is 72.4 Å². The first kappa shape index (κ1) is 20.1. The summed E-state index contributed by atoms with van der Waals surface area (Å²) in [4.78, 5) is 6.95. The first-order valence-corrected chi connectivity index (χ1v) is 10.3. The van der Waals surface area contributed by atoms with Crippen LogP contribution < -0.4 is 5.32 Å². The van der Waals surface area contributed by atoms with Gasteiger partial charge in [0.2, 0.25) is 0 Å². The molecule has 146 valence electrons. The fourth-order valence-electron chi connectivity index (χ4n) is 3.66. The first-order chi connectivity index (χ1) is 13.7. The predicted molar refractivity (Wildman–Crippen MR) is 121 cm³/mol. The van der Waals surface area contributed by atoms with Gasteiger partial charge in [0.05, 0.1) is 5.70 Å². The van der Waals surface area contributed by atoms with Crippen LogP contribution in [0.3, 0.4) is 0 Å². The Kier molecular flexibility index (Phi) is 6.48. The molecular formula is C25H31N3. The highest BCUT2D eigenvalue weighted by atomic mass is 15.2. The topological polar surface area (TPSA) is 27.6 Å². The van der Waals surface area contributed by atoms with Crippen LogP contribution in [0.25, 0.3) is 5.57 Å². The SMILES string of the molecule is C=C1C=C(C2=CCNCC2)N=C2C=CC(c3ccc(CC)c(C)c3)=CN12.CC. The van der Waals surface area contributed by atoms with Gasteiger partial charge < -0.3 is 10.2 Å². The summed E-state index contributed by atoms with van der Waals surface area (Å²) in [5.74, 6) is 0.942. The molecule has 0 aromatic heterocycles. The molecule has 28 heavy (non-hydrogen) atoms. The second-order valence-corrected chi connectivity index (χ2v) is 6.96. The van der Waals surface area contributed by atoms with Crippen molar-refractivity contribution in [3.8, 4) is 0 Å². The molecule has 1 N–H and O–H groups in total. The predicted octanol–water partition coefficient (Wildman–Crippen LogP) is 5.53. The van der Waals surface area contributed by atoms with Crippen molar-refractivity contribution >= 4 is 11.4 Å². The Morgan fingerprint density at radius 2 is 2.04 bits per heavy atom. The van der Waals surface area contributed by atoms with E-state index in [0.717, 1.165) is 43.2 Å². The van der Waals surface area contributed by atoms with Gasteiger partial charge in [0.15, 0.2) is 0 Å². The van der Waals surface area contributed by atoms with E-state index in [9.17, 15) is 0 Å². The van der Waals surface area contributed by atoms with Gasteiger partial charge in [-0.15, -0.1) is 0 Å². The number of amidine groups is 1. The van der Waals surface area contributed by atoms with Crippen LogP contribution in [0.4, 0.5) is 0 Å². The van der Waals surface area contributed by atoms with Crippen molar-refractivity contribution in [1.29, 1.82) is 0 Å². The highest BCUT2D eigenvalue weighted by molar-refractivity contribution is 6.02. The molecule has 3 heteroatoms. The molecule has 0 bridgehead atoms. The van der Waals surface area contributed by atoms with E-state index in [2.05, 4.69) is 79.3 Å². The van der Waals surface area contributed by atoms with Crippen molar-refractivity contribution in [3.63, 3.8) is 0 Å². The van der Waals surface area contributed by atoms with Crippen molar-refractivity contribution in [2.24, 2.45) is 4.99 Å². The molecular weight excluding hydrogens is 342 g/mol. The number of allylic oxidation sites excluding steroid dienone is 4. The molecule has 0 fully saturated rings. The maximum atomic E-state index is 4.87. The van der Waals surface area contributed by atoms with E-state index in [1.807, 2.05) is 13.8 Å². The van der Waals surface area contributed by atoms with E-state index in [1.165, 1.54) is 27.8 Å². The number of benzene rings is 1. The third-order valence-corrected chi connectivity index (χ3v) is 5.22. The summed E-state index contributed by atoms with van der Waals surface area (Å²) < 4.78 is 0. The third-order valence-electron chi connectivity index (χ3n) is 5.22. The van der Waals surface area contributed by atoms with E-state index in [-0.39, 0.29) is 0 Å². The summed E-state index contributed by atoms with van der Waals surface area (Å²) in [7, 11) is 0. The van der Waals surface area contributed by atoms with E-state index in [0.29, 0.717) is 0 Å². The molecule has 0 atom stereocenters. The van der Waals surface area contributed by atoms with Crippen LogP contribution in [-0.2, 0) is 6.42 Å². The molecule has 3 heterocycles. The number of hydrogen-bond donors (Lipinski definition) is 1. The molecule has 0 spiro atoms. The van der Waals surface area contributed by atoms with Gasteiger partial charge in [0.1, 0.15) is 5.84 Å². The first-order valence-electron chi connectivity index (χ1n) is 10.3. The molecule has 0 aliphatic carbocycles. The van der Waals surface area contributed by atoms with Crippen molar-refractivity contribution < 1.29 is 0 Å². The Morgan fingerprint density at radius 1 is 1.21 bits per heavy atom. The van der Waals surface area contributed by atoms with Crippen LogP contribution in [0, 0.1) is 6.92 Å². The monoisotopic (exact) mass is 373 g/mol. The summed E-state index contributed by atoms with van der Waals surface area (Å²) in [6, 6.07) is 6.71. The molecule has 0 saturated carbocycles. The third kappa shape index (κ3) is 4.10. The number of hydrogen-bond acceptors (Lipinski definition) is 3. The Labute approximate surface area is 169 Å². The van der Waals surface area contributed by atoms with Crippen LogP contribution in [0.2, 0.25) is 0 Å². The molecule has 4 rings (SSSR count). The van der Waals surface area contributed by atoms with Crippen molar-refractivity contribution in [1.82, 2.24) is 10.2 Å². The molecule has 3 nitrogen and oxygen atoms in total. The minimum absolute atomic E-state index is 0.917. The normalized spacial score (nSPS) is 18.3. The van der Waals surface area contributed by atoms with Crippen LogP contribution in [0.15, 0.2) is 77.2 Å². The molecule has 0 unspecified atom stereocenters. The summed E-state index contributed by atoms with van der Waals surface area (Å²) >= 11 is 0. The lowest BCUT2D eigenvalue weighted by molar-refractivity contribution is 0.686. The number of aryl methyl sites for hydroxylation is 2. The Balaban J connectivity index is 0.00000109. The summed E-state index contributed by atoms with van der Waals surface area (Å²) in [6.07, 6.45) is 12.8. The summed E-state index contributed by atoms with van der Waals surface area (Å²) in [5.41, 5.74) is 8.50. The molecule has 3 aliphatic heterocycles. The molecule has 0 radical (unpaired) electrons. The van der Waals surface area contributed by atoms with Crippen molar-refractivity contribution in [2.45, 2.75) is 40.5 Å². The van der Waals surface area contributed by atoms with Gasteiger partial charge >= 0.3 is 0 Å². The Hall–Kier alpha value is -2.65. The number of nitrogens with one attached hydrogen (secondary N) is 1. The zero-order chi connectivity index (χ0) is 20.1. The van der Waals surface area contributed by atoms with Gasteiger partial charge in [-0.25, -0.2) is 4.99 Å².